The average molecular weight is 349 g/mol. The number of aliphatic hydroxyl groups excluding tert-OH is 1. The van der Waals surface area contributed by atoms with E-state index in [1.165, 1.54) is 0 Å². The summed E-state index contributed by atoms with van der Waals surface area (Å²) in [5.74, 6) is 1.07. The molecule has 1 aliphatic rings. The van der Waals surface area contributed by atoms with Gasteiger partial charge in [0.05, 0.1) is 6.54 Å². The number of aromatic amines is 1. The van der Waals surface area contributed by atoms with Crippen LogP contribution in [0.3, 0.4) is 0 Å². The Bertz CT molecular complexity index is 850. The summed E-state index contributed by atoms with van der Waals surface area (Å²) in [6, 6.07) is 0. The van der Waals surface area contributed by atoms with E-state index in [2.05, 4.69) is 21.8 Å². The van der Waals surface area contributed by atoms with E-state index in [0.717, 1.165) is 44.6 Å². The Morgan fingerprint density at radius 1 is 1.36 bits per heavy atom. The van der Waals surface area contributed by atoms with Crippen molar-refractivity contribution in [2.45, 2.75) is 45.7 Å². The fourth-order valence-electron chi connectivity index (χ4n) is 3.60. The molecule has 1 atom stereocenters. The molecule has 2 aromatic heterocycles. The zero-order valence-electron chi connectivity index (χ0n) is 15.0. The third kappa shape index (κ3) is 3.55. The number of aromatic nitrogens is 4. The minimum absolute atomic E-state index is 0.204. The van der Waals surface area contributed by atoms with E-state index in [9.17, 15) is 14.7 Å². The summed E-state index contributed by atoms with van der Waals surface area (Å²) >= 11 is 0. The summed E-state index contributed by atoms with van der Waals surface area (Å²) < 4.78 is 3.36. The summed E-state index contributed by atoms with van der Waals surface area (Å²) in [6.07, 6.45) is 3.92. The number of hydrogen-bond donors (Lipinski definition) is 2. The summed E-state index contributed by atoms with van der Waals surface area (Å²) in [4.78, 5) is 33.7. The number of likely N-dealkylation sites (tertiary alicyclic amines) is 1. The molecule has 2 N–H and O–H groups in total. The molecule has 8 heteroatoms. The van der Waals surface area contributed by atoms with Crippen LogP contribution in [0.15, 0.2) is 9.59 Å². The molecule has 3 rings (SSSR count). The molecule has 2 aromatic rings. The quantitative estimate of drug-likeness (QED) is 0.788. The van der Waals surface area contributed by atoms with E-state index < -0.39 is 5.69 Å². The van der Waals surface area contributed by atoms with Crippen LogP contribution in [0, 0.1) is 5.92 Å². The van der Waals surface area contributed by atoms with Gasteiger partial charge >= 0.3 is 5.69 Å². The highest BCUT2D eigenvalue weighted by Gasteiger charge is 2.22. The lowest BCUT2D eigenvalue weighted by molar-refractivity contribution is 0.113. The Labute approximate surface area is 146 Å². The minimum atomic E-state index is -0.395. The van der Waals surface area contributed by atoms with E-state index in [-0.39, 0.29) is 12.2 Å². The molecular weight excluding hydrogens is 322 g/mol. The van der Waals surface area contributed by atoms with Gasteiger partial charge in [-0.1, -0.05) is 13.3 Å². The number of H-pyrrole nitrogens is 1. The highest BCUT2D eigenvalue weighted by molar-refractivity contribution is 5.70. The molecule has 25 heavy (non-hydrogen) atoms. The smallest absolute Gasteiger partial charge is 0.330 e. The molecule has 0 amide bonds. The number of rotatable bonds is 6. The number of unbranched alkanes of at least 4 members (excludes halogenated alkanes) is 1. The minimum Gasteiger partial charge on any atom is -0.396 e. The molecule has 1 fully saturated rings. The van der Waals surface area contributed by atoms with Crippen LogP contribution in [0.5, 0.6) is 0 Å². The first-order chi connectivity index (χ1) is 12.0. The van der Waals surface area contributed by atoms with Crippen LogP contribution in [0.25, 0.3) is 11.2 Å². The van der Waals surface area contributed by atoms with Gasteiger partial charge in [0.2, 0.25) is 0 Å². The van der Waals surface area contributed by atoms with Crippen LogP contribution in [0.1, 0.15) is 38.4 Å². The SMILES string of the molecule is CCCCn1c(=O)[nH]c(=O)c2c1nc(CN1CCCC(CO)C1)n2C. The van der Waals surface area contributed by atoms with Crippen LogP contribution in [-0.4, -0.2) is 48.8 Å². The van der Waals surface area contributed by atoms with E-state index >= 15 is 0 Å². The number of aliphatic hydroxyl groups is 1. The number of hydrogen-bond acceptors (Lipinski definition) is 5. The van der Waals surface area contributed by atoms with Crippen LogP contribution in [0.2, 0.25) is 0 Å². The predicted molar refractivity (Wildman–Crippen MR) is 95.6 cm³/mol. The number of imidazole rings is 1. The van der Waals surface area contributed by atoms with Gasteiger partial charge < -0.3 is 9.67 Å². The van der Waals surface area contributed by atoms with Gasteiger partial charge in [-0.3, -0.25) is 19.2 Å². The lowest BCUT2D eigenvalue weighted by Gasteiger charge is -2.31. The summed E-state index contributed by atoms with van der Waals surface area (Å²) in [5.41, 5.74) is 0.131. The average Bonchev–Trinajstić information content (AvgIpc) is 2.92. The van der Waals surface area contributed by atoms with Gasteiger partial charge in [0.25, 0.3) is 5.56 Å². The number of nitrogens with one attached hydrogen (secondary N) is 1. The fraction of sp³-hybridized carbons (Fsp3) is 0.706. The molecule has 138 valence electrons. The van der Waals surface area contributed by atoms with E-state index in [0.29, 0.717) is 30.2 Å². The Morgan fingerprint density at radius 3 is 2.88 bits per heavy atom. The van der Waals surface area contributed by atoms with Crippen molar-refractivity contribution in [1.29, 1.82) is 0 Å². The molecule has 1 aliphatic heterocycles. The van der Waals surface area contributed by atoms with Gasteiger partial charge in [0, 0.05) is 26.7 Å². The van der Waals surface area contributed by atoms with Crippen molar-refractivity contribution in [3.63, 3.8) is 0 Å². The summed E-state index contributed by atoms with van der Waals surface area (Å²) in [7, 11) is 1.82. The van der Waals surface area contributed by atoms with Gasteiger partial charge in [0.1, 0.15) is 5.82 Å². The van der Waals surface area contributed by atoms with Crippen molar-refractivity contribution in [3.8, 4) is 0 Å². The zero-order chi connectivity index (χ0) is 18.0. The first kappa shape index (κ1) is 17.9. The second-order valence-corrected chi connectivity index (χ2v) is 6.95. The maximum Gasteiger partial charge on any atom is 0.330 e. The highest BCUT2D eigenvalue weighted by Crippen LogP contribution is 2.19. The molecule has 3 heterocycles. The second-order valence-electron chi connectivity index (χ2n) is 6.95. The number of nitrogens with zero attached hydrogens (tertiary/aromatic N) is 4. The maximum atomic E-state index is 12.3. The van der Waals surface area contributed by atoms with Gasteiger partial charge in [-0.2, -0.15) is 0 Å². The van der Waals surface area contributed by atoms with Crippen LogP contribution >= 0.6 is 0 Å². The summed E-state index contributed by atoms with van der Waals surface area (Å²) in [5, 5.41) is 9.40. The highest BCUT2D eigenvalue weighted by atomic mass is 16.3. The molecule has 0 bridgehead atoms. The zero-order valence-corrected chi connectivity index (χ0v) is 15.0. The van der Waals surface area contributed by atoms with E-state index in [1.807, 2.05) is 7.05 Å². The lowest BCUT2D eigenvalue weighted by Crippen LogP contribution is -2.36. The van der Waals surface area contributed by atoms with Gasteiger partial charge in [0.15, 0.2) is 11.2 Å². The molecular formula is C17H27N5O3. The molecule has 0 aromatic carbocycles. The first-order valence-electron chi connectivity index (χ1n) is 9.06. The predicted octanol–water partition coefficient (Wildman–Crippen LogP) is 0.428. The van der Waals surface area contributed by atoms with Crippen LogP contribution in [-0.2, 0) is 20.1 Å². The number of aryl methyl sites for hydroxylation is 2. The van der Waals surface area contributed by atoms with Crippen molar-refractivity contribution in [3.05, 3.63) is 26.7 Å². The topological polar surface area (TPSA) is 96.2 Å². The number of fused-ring (bicyclic) bond motifs is 1. The molecule has 0 saturated carbocycles. The van der Waals surface area contributed by atoms with Crippen molar-refractivity contribution in [2.24, 2.45) is 13.0 Å². The molecule has 0 spiro atoms. The van der Waals surface area contributed by atoms with Crippen LogP contribution < -0.4 is 11.2 Å². The van der Waals surface area contributed by atoms with Gasteiger partial charge in [-0.15, -0.1) is 0 Å². The van der Waals surface area contributed by atoms with Crippen molar-refractivity contribution < 1.29 is 5.11 Å². The lowest BCUT2D eigenvalue weighted by atomic mass is 9.99. The first-order valence-corrected chi connectivity index (χ1v) is 9.06. The molecule has 1 saturated heterocycles. The number of piperidine rings is 1. The van der Waals surface area contributed by atoms with Gasteiger partial charge in [-0.25, -0.2) is 9.78 Å². The second kappa shape index (κ2) is 7.53. The van der Waals surface area contributed by atoms with Crippen molar-refractivity contribution in [2.75, 3.05) is 19.7 Å². The Morgan fingerprint density at radius 2 is 2.16 bits per heavy atom. The molecule has 0 aliphatic carbocycles. The van der Waals surface area contributed by atoms with E-state index in [1.54, 1.807) is 9.13 Å². The molecule has 8 nitrogen and oxygen atoms in total. The molecule has 0 radical (unpaired) electrons. The monoisotopic (exact) mass is 349 g/mol. The standard InChI is InChI=1S/C17H27N5O3/c1-3-4-8-22-15-14(16(24)19-17(22)25)20(2)13(18-15)10-21-7-5-6-12(9-21)11-23/h12,23H,3-11H2,1-2H3,(H,19,24,25). The molecule has 1 unspecified atom stereocenters. The van der Waals surface area contributed by atoms with Crippen molar-refractivity contribution in [1.82, 2.24) is 24.0 Å². The normalized spacial score (nSPS) is 18.9. The third-order valence-corrected chi connectivity index (χ3v) is 5.07. The Hall–Kier alpha value is -1.93. The summed E-state index contributed by atoms with van der Waals surface area (Å²) in [6.45, 7) is 5.22. The third-order valence-electron chi connectivity index (χ3n) is 5.07. The maximum absolute atomic E-state index is 12.3. The Balaban J connectivity index is 1.97. The Kier molecular flexibility index (Phi) is 5.39. The van der Waals surface area contributed by atoms with Gasteiger partial charge in [-0.05, 0) is 31.7 Å². The van der Waals surface area contributed by atoms with Crippen molar-refractivity contribution >= 4 is 11.2 Å². The van der Waals surface area contributed by atoms with Crippen LogP contribution in [0.4, 0.5) is 0 Å². The van der Waals surface area contributed by atoms with E-state index in [4.69, 9.17) is 0 Å². The fourth-order valence-corrected chi connectivity index (χ4v) is 3.60. The largest absolute Gasteiger partial charge is 0.396 e.